The number of hydrogen-bond donors (Lipinski definition) is 1. The predicted molar refractivity (Wildman–Crippen MR) is 82.7 cm³/mol. The summed E-state index contributed by atoms with van der Waals surface area (Å²) in [7, 11) is 0. The highest BCUT2D eigenvalue weighted by atomic mass is 16.5. The summed E-state index contributed by atoms with van der Waals surface area (Å²) in [6.45, 7) is 6.56. The third-order valence-corrected chi connectivity index (χ3v) is 4.42. The SMILES string of the molecule is Cc1c(C#N)cccc1NC(=O)N1CCN2CCOC[C@@H]2C1. The van der Waals surface area contributed by atoms with Crippen molar-refractivity contribution < 1.29 is 9.53 Å². The molecule has 1 aromatic rings. The average Bonchev–Trinajstić information content (AvgIpc) is 2.56. The van der Waals surface area contributed by atoms with Gasteiger partial charge in [-0.25, -0.2) is 4.79 Å². The summed E-state index contributed by atoms with van der Waals surface area (Å²) in [4.78, 5) is 16.7. The van der Waals surface area contributed by atoms with Crippen LogP contribution in [0.25, 0.3) is 0 Å². The van der Waals surface area contributed by atoms with E-state index in [1.54, 1.807) is 12.1 Å². The van der Waals surface area contributed by atoms with E-state index in [0.717, 1.165) is 31.8 Å². The molecule has 2 aliphatic rings. The molecule has 1 atom stereocenters. The van der Waals surface area contributed by atoms with E-state index >= 15 is 0 Å². The normalized spacial score (nSPS) is 21.8. The van der Waals surface area contributed by atoms with Gasteiger partial charge < -0.3 is 15.0 Å². The Balaban J connectivity index is 1.66. The van der Waals surface area contributed by atoms with Gasteiger partial charge in [0.25, 0.3) is 0 Å². The van der Waals surface area contributed by atoms with Crippen molar-refractivity contribution in [3.05, 3.63) is 29.3 Å². The maximum atomic E-state index is 12.5. The molecule has 2 amide bonds. The molecule has 2 saturated heterocycles. The summed E-state index contributed by atoms with van der Waals surface area (Å²) in [5.74, 6) is 0. The van der Waals surface area contributed by atoms with Crippen molar-refractivity contribution >= 4 is 11.7 Å². The maximum absolute atomic E-state index is 12.5. The molecule has 2 fully saturated rings. The number of carbonyl (C=O) groups is 1. The number of hydrogen-bond acceptors (Lipinski definition) is 4. The largest absolute Gasteiger partial charge is 0.378 e. The molecule has 116 valence electrons. The van der Waals surface area contributed by atoms with Crippen molar-refractivity contribution in [2.24, 2.45) is 0 Å². The van der Waals surface area contributed by atoms with Crippen molar-refractivity contribution in [2.45, 2.75) is 13.0 Å². The lowest BCUT2D eigenvalue weighted by molar-refractivity contribution is -0.0355. The second kappa shape index (κ2) is 6.34. The molecule has 1 aromatic carbocycles. The zero-order valence-corrected chi connectivity index (χ0v) is 12.7. The summed E-state index contributed by atoms with van der Waals surface area (Å²) in [6, 6.07) is 7.69. The van der Waals surface area contributed by atoms with Crippen LogP contribution in [-0.2, 0) is 4.74 Å². The molecule has 0 bridgehead atoms. The summed E-state index contributed by atoms with van der Waals surface area (Å²) in [5.41, 5.74) is 2.09. The molecular formula is C16H20N4O2. The highest BCUT2D eigenvalue weighted by Gasteiger charge is 2.31. The first-order valence-corrected chi connectivity index (χ1v) is 7.56. The Labute approximate surface area is 130 Å². The van der Waals surface area contributed by atoms with Crippen molar-refractivity contribution in [2.75, 3.05) is 44.7 Å². The van der Waals surface area contributed by atoms with Crippen molar-refractivity contribution in [3.8, 4) is 6.07 Å². The van der Waals surface area contributed by atoms with Crippen LogP contribution < -0.4 is 5.32 Å². The number of carbonyl (C=O) groups excluding carboxylic acids is 1. The molecule has 2 aliphatic heterocycles. The standard InChI is InChI=1S/C16H20N4O2/c1-12-13(9-17)3-2-4-15(12)18-16(21)20-6-5-19-7-8-22-11-14(19)10-20/h2-4,14H,5-8,10-11H2,1H3,(H,18,21)/t14-/m0/s1. The van der Waals surface area contributed by atoms with Crippen LogP contribution in [0.3, 0.4) is 0 Å². The van der Waals surface area contributed by atoms with E-state index in [-0.39, 0.29) is 6.03 Å². The van der Waals surface area contributed by atoms with Crippen LogP contribution in [0.5, 0.6) is 0 Å². The quantitative estimate of drug-likeness (QED) is 0.851. The number of rotatable bonds is 1. The lowest BCUT2D eigenvalue weighted by atomic mass is 10.1. The Morgan fingerprint density at radius 2 is 2.27 bits per heavy atom. The minimum absolute atomic E-state index is 0.108. The molecule has 0 unspecified atom stereocenters. The summed E-state index contributed by atoms with van der Waals surface area (Å²) >= 11 is 0. The minimum atomic E-state index is -0.108. The van der Waals surface area contributed by atoms with Crippen LogP contribution in [0.2, 0.25) is 0 Å². The highest BCUT2D eigenvalue weighted by Crippen LogP contribution is 2.20. The third kappa shape index (κ3) is 2.91. The number of benzene rings is 1. The number of piperazine rings is 1. The summed E-state index contributed by atoms with van der Waals surface area (Å²) < 4.78 is 5.50. The van der Waals surface area contributed by atoms with Crippen LogP contribution in [0, 0.1) is 18.3 Å². The van der Waals surface area contributed by atoms with Gasteiger partial charge in [0.05, 0.1) is 30.9 Å². The minimum Gasteiger partial charge on any atom is -0.378 e. The van der Waals surface area contributed by atoms with E-state index < -0.39 is 0 Å². The fraction of sp³-hybridized carbons (Fsp3) is 0.500. The first kappa shape index (κ1) is 14.8. The Kier molecular flexibility index (Phi) is 4.27. The fourth-order valence-electron chi connectivity index (χ4n) is 3.02. The molecule has 0 aliphatic carbocycles. The average molecular weight is 300 g/mol. The number of nitrogens with one attached hydrogen (secondary N) is 1. The number of amides is 2. The van der Waals surface area contributed by atoms with Crippen LogP contribution >= 0.6 is 0 Å². The van der Waals surface area contributed by atoms with Crippen LogP contribution in [0.15, 0.2) is 18.2 Å². The number of nitrogens with zero attached hydrogens (tertiary/aromatic N) is 3. The zero-order chi connectivity index (χ0) is 15.5. The fourth-order valence-corrected chi connectivity index (χ4v) is 3.02. The van der Waals surface area contributed by atoms with Crippen molar-refractivity contribution in [1.82, 2.24) is 9.80 Å². The van der Waals surface area contributed by atoms with Gasteiger partial charge in [-0.3, -0.25) is 4.90 Å². The van der Waals surface area contributed by atoms with Crippen LogP contribution in [0.1, 0.15) is 11.1 Å². The Morgan fingerprint density at radius 1 is 1.41 bits per heavy atom. The number of nitriles is 1. The highest BCUT2D eigenvalue weighted by molar-refractivity contribution is 5.90. The van der Waals surface area contributed by atoms with E-state index in [4.69, 9.17) is 10.00 Å². The van der Waals surface area contributed by atoms with Gasteiger partial charge in [-0.1, -0.05) is 6.07 Å². The molecule has 3 rings (SSSR count). The molecule has 0 aromatic heterocycles. The Morgan fingerprint density at radius 3 is 3.09 bits per heavy atom. The summed E-state index contributed by atoms with van der Waals surface area (Å²) in [6.07, 6.45) is 0. The Hall–Kier alpha value is -2.10. The topological polar surface area (TPSA) is 68.6 Å². The first-order valence-electron chi connectivity index (χ1n) is 7.56. The molecule has 0 spiro atoms. The van der Waals surface area contributed by atoms with Gasteiger partial charge >= 0.3 is 6.03 Å². The lowest BCUT2D eigenvalue weighted by Gasteiger charge is -2.43. The number of ether oxygens (including phenoxy) is 1. The lowest BCUT2D eigenvalue weighted by Crippen LogP contribution is -2.59. The zero-order valence-electron chi connectivity index (χ0n) is 12.7. The van der Waals surface area contributed by atoms with Gasteiger partial charge in [0.15, 0.2) is 0 Å². The maximum Gasteiger partial charge on any atom is 0.321 e. The molecule has 0 saturated carbocycles. The van der Waals surface area contributed by atoms with Crippen LogP contribution in [-0.4, -0.2) is 61.3 Å². The first-order chi connectivity index (χ1) is 10.7. The molecule has 22 heavy (non-hydrogen) atoms. The van der Waals surface area contributed by atoms with Gasteiger partial charge in [0.1, 0.15) is 0 Å². The number of anilines is 1. The van der Waals surface area contributed by atoms with Crippen molar-refractivity contribution in [1.29, 1.82) is 5.26 Å². The van der Waals surface area contributed by atoms with Gasteiger partial charge in [0, 0.05) is 31.9 Å². The monoisotopic (exact) mass is 300 g/mol. The number of urea groups is 1. The molecule has 6 heteroatoms. The predicted octanol–water partition coefficient (Wildman–Crippen LogP) is 1.41. The van der Waals surface area contributed by atoms with Gasteiger partial charge in [0.2, 0.25) is 0 Å². The molecule has 2 heterocycles. The Bertz CT molecular complexity index is 611. The van der Waals surface area contributed by atoms with Gasteiger partial charge in [-0.2, -0.15) is 5.26 Å². The van der Waals surface area contributed by atoms with E-state index in [1.165, 1.54) is 0 Å². The smallest absolute Gasteiger partial charge is 0.321 e. The molecular weight excluding hydrogens is 280 g/mol. The van der Waals surface area contributed by atoms with Crippen LogP contribution in [0.4, 0.5) is 10.5 Å². The third-order valence-electron chi connectivity index (χ3n) is 4.42. The van der Waals surface area contributed by atoms with E-state index in [9.17, 15) is 4.79 Å². The van der Waals surface area contributed by atoms with E-state index in [1.807, 2.05) is 17.9 Å². The molecule has 1 N–H and O–H groups in total. The summed E-state index contributed by atoms with van der Waals surface area (Å²) in [5, 5.41) is 12.0. The van der Waals surface area contributed by atoms with E-state index in [2.05, 4.69) is 16.3 Å². The van der Waals surface area contributed by atoms with Gasteiger partial charge in [-0.15, -0.1) is 0 Å². The second-order valence-corrected chi connectivity index (χ2v) is 5.73. The number of morpholine rings is 1. The van der Waals surface area contributed by atoms with Gasteiger partial charge in [-0.05, 0) is 24.6 Å². The van der Waals surface area contributed by atoms with Crippen molar-refractivity contribution in [3.63, 3.8) is 0 Å². The molecule has 0 radical (unpaired) electrons. The second-order valence-electron chi connectivity index (χ2n) is 5.73. The van der Waals surface area contributed by atoms with E-state index in [0.29, 0.717) is 30.4 Å². The number of fused-ring (bicyclic) bond motifs is 1. The molecule has 6 nitrogen and oxygen atoms in total.